The minimum Gasteiger partial charge on any atom is -0.481 e. The van der Waals surface area contributed by atoms with Crippen LogP contribution in [-0.2, 0) is 83.7 Å². The number of aliphatic carboxylic acids is 3. The Hall–Kier alpha value is -4.20. The molecule has 2 aliphatic rings. The number of rotatable bonds is 20. The molecule has 0 radical (unpaired) electrons. The van der Waals surface area contributed by atoms with Crippen LogP contribution in [0.15, 0.2) is 0 Å². The Morgan fingerprint density at radius 3 is 1.37 bits per heavy atom. The summed E-state index contributed by atoms with van der Waals surface area (Å²) in [5.41, 5.74) is 0. The third kappa shape index (κ3) is 11.9. The van der Waals surface area contributed by atoms with Crippen molar-refractivity contribution in [3.8, 4) is 0 Å². The molecule has 2 rings (SSSR count). The minimum absolute atomic E-state index is 0.0464. The Balaban J connectivity index is 0.000000540. The van der Waals surface area contributed by atoms with Gasteiger partial charge in [-0.2, -0.15) is 33.7 Å². The zero-order valence-corrected chi connectivity index (χ0v) is 30.6. The zero-order chi connectivity index (χ0) is 42.2. The van der Waals surface area contributed by atoms with E-state index in [0.717, 1.165) is 0 Å². The smallest absolute Gasteiger partial charge is 0.350 e. The second-order valence-electron chi connectivity index (χ2n) is 11.4. The van der Waals surface area contributed by atoms with Crippen LogP contribution < -0.4 is 0 Å². The second-order valence-corrected chi connectivity index (χ2v) is 17.6. The summed E-state index contributed by atoms with van der Waals surface area (Å²) in [7, 11) is -22.4. The minimum atomic E-state index is -5.98. The summed E-state index contributed by atoms with van der Waals surface area (Å²) in [5, 5.41) is 17.5. The lowest BCUT2D eigenvalue weighted by Gasteiger charge is -2.38. The topological polar surface area (TPSA) is 430 Å². The Labute approximate surface area is 305 Å². The largest absolute Gasteiger partial charge is 0.481 e. The van der Waals surface area contributed by atoms with E-state index in [0.29, 0.717) is 19.3 Å². The van der Waals surface area contributed by atoms with Gasteiger partial charge in [-0.15, -0.1) is 0 Å². The van der Waals surface area contributed by atoms with Gasteiger partial charge in [-0.3, -0.25) is 47.0 Å². The van der Waals surface area contributed by atoms with E-state index in [1.165, 1.54) is 0 Å². The van der Waals surface area contributed by atoms with Crippen LogP contribution in [0.4, 0.5) is 0 Å². The first-order chi connectivity index (χ1) is 24.4. The molecule has 4 amide bonds. The molecule has 54 heavy (non-hydrogen) atoms. The van der Waals surface area contributed by atoms with Gasteiger partial charge in [0.1, 0.15) is 5.25 Å². The van der Waals surface area contributed by atoms with Crippen molar-refractivity contribution in [2.45, 2.75) is 97.7 Å². The highest BCUT2D eigenvalue weighted by atomic mass is 32.2. The van der Waals surface area contributed by atoms with Gasteiger partial charge in [0.2, 0.25) is 11.8 Å². The van der Waals surface area contributed by atoms with E-state index in [9.17, 15) is 86.2 Å². The van der Waals surface area contributed by atoms with E-state index in [2.05, 4.69) is 4.84 Å². The first-order valence-corrected chi connectivity index (χ1v) is 20.9. The van der Waals surface area contributed by atoms with Crippen molar-refractivity contribution < 1.29 is 110 Å². The summed E-state index contributed by atoms with van der Waals surface area (Å²) >= 11 is 0. The number of unbranched alkanes of at least 4 members (excludes halogenated alkanes) is 4. The molecule has 0 bridgehead atoms. The molecule has 2 fully saturated rings. The molecule has 2 saturated heterocycles. The fourth-order valence-corrected chi connectivity index (χ4v) is 10.5. The first kappa shape index (κ1) is 47.8. The van der Waals surface area contributed by atoms with E-state index in [1.807, 2.05) is 0 Å². The zero-order valence-electron chi connectivity index (χ0n) is 27.3. The molecule has 4 atom stereocenters. The highest BCUT2D eigenvalue weighted by Gasteiger charge is 2.69. The lowest BCUT2D eigenvalue weighted by atomic mass is 10.0. The van der Waals surface area contributed by atoms with Crippen molar-refractivity contribution >= 4 is 88.0 Å². The molecule has 4 unspecified atom stereocenters. The average Bonchev–Trinajstić information content (AvgIpc) is 3.45. The van der Waals surface area contributed by atoms with Crippen molar-refractivity contribution in [2.75, 3.05) is 0 Å². The van der Waals surface area contributed by atoms with E-state index >= 15 is 0 Å². The molecular weight excluding hydrogens is 829 g/mol. The number of carboxylic acid groups (broad SMARTS) is 3. The first-order valence-electron chi connectivity index (χ1n) is 14.9. The van der Waals surface area contributed by atoms with Gasteiger partial charge in [0, 0.05) is 32.1 Å². The monoisotopic (exact) mass is 862 g/mol. The summed E-state index contributed by atoms with van der Waals surface area (Å²) in [6.45, 7) is 0. The normalized spacial score (nSPS) is 19.9. The van der Waals surface area contributed by atoms with E-state index < -0.39 is 146 Å². The molecule has 0 aromatic carbocycles. The van der Waals surface area contributed by atoms with Crippen LogP contribution in [0.2, 0.25) is 0 Å². The molecule has 0 aromatic rings. The number of likely N-dealkylation sites (tertiary alicyclic amines) is 1. The van der Waals surface area contributed by atoms with Crippen molar-refractivity contribution in [3.63, 3.8) is 0 Å². The molecule has 30 heteroatoms. The number of hydrogen-bond donors (Lipinski definition) is 7. The van der Waals surface area contributed by atoms with Gasteiger partial charge in [0.25, 0.3) is 47.0 Å². The average molecular weight is 863 g/mol. The Morgan fingerprint density at radius 1 is 0.648 bits per heavy atom. The molecule has 0 spiro atoms. The summed E-state index contributed by atoms with van der Waals surface area (Å²) in [5.74, 6) is -12.4. The lowest BCUT2D eigenvalue weighted by molar-refractivity contribution is -0.197. The van der Waals surface area contributed by atoms with Crippen LogP contribution in [0.1, 0.15) is 77.0 Å². The predicted octanol–water partition coefficient (Wildman–Crippen LogP) is -2.54. The van der Waals surface area contributed by atoms with Gasteiger partial charge in [-0.1, -0.05) is 24.3 Å². The third-order valence-corrected chi connectivity index (χ3v) is 12.8. The van der Waals surface area contributed by atoms with E-state index in [-0.39, 0.29) is 30.6 Å². The van der Waals surface area contributed by atoms with Crippen LogP contribution in [0.5, 0.6) is 0 Å². The summed E-state index contributed by atoms with van der Waals surface area (Å²) in [6, 6.07) is 0. The van der Waals surface area contributed by atoms with Crippen LogP contribution >= 0.6 is 0 Å². The fraction of sp³-hybridized carbons (Fsp3) is 0.667. The van der Waals surface area contributed by atoms with Gasteiger partial charge in [-0.25, -0.2) is 14.5 Å². The molecule has 2 heterocycles. The molecular formula is C24H34N2O24S4. The summed E-state index contributed by atoms with van der Waals surface area (Å²) in [6.07, 6.45) is -2.24. The fourth-order valence-electron chi connectivity index (χ4n) is 5.17. The van der Waals surface area contributed by atoms with Gasteiger partial charge in [0.15, 0.2) is 10.5 Å². The number of nitrogens with zero attached hydrogens (tertiary/aromatic N) is 2. The van der Waals surface area contributed by atoms with Gasteiger partial charge >= 0.3 is 34.0 Å². The SMILES string of the molecule is O=C(O)CCCCC(C(C(=O)O)(N1C(=O)CCC1=O)S(=O)(=O)O)S(=O)(=O)O.O=C(O)CCCCCCC(=O)ON1C(=O)C(S(=O)(=O)O)C(S(=O)(=O)O)C1=O. The number of amides is 4. The molecule has 0 aliphatic carbocycles. The third-order valence-electron chi connectivity index (χ3n) is 7.50. The summed E-state index contributed by atoms with van der Waals surface area (Å²) in [4.78, 5) is 92.0. The molecule has 0 aromatic heterocycles. The number of imide groups is 2. The Morgan fingerprint density at radius 2 is 1.04 bits per heavy atom. The number of carbonyl (C=O) groups excluding carboxylic acids is 5. The molecule has 2 aliphatic heterocycles. The van der Waals surface area contributed by atoms with E-state index in [1.54, 1.807) is 0 Å². The summed E-state index contributed by atoms with van der Waals surface area (Å²) < 4.78 is 129. The molecule has 7 N–H and O–H groups in total. The number of carboxylic acids is 3. The number of hydrogen-bond acceptors (Lipinski definition) is 17. The van der Waals surface area contributed by atoms with Crippen LogP contribution in [0.3, 0.4) is 0 Å². The molecule has 26 nitrogen and oxygen atoms in total. The van der Waals surface area contributed by atoms with Crippen molar-refractivity contribution in [3.05, 3.63) is 0 Å². The molecule has 308 valence electrons. The number of hydroxylamine groups is 2. The van der Waals surface area contributed by atoms with Gasteiger partial charge < -0.3 is 20.2 Å². The van der Waals surface area contributed by atoms with Crippen molar-refractivity contribution in [2.24, 2.45) is 0 Å². The van der Waals surface area contributed by atoms with Crippen molar-refractivity contribution in [1.29, 1.82) is 0 Å². The van der Waals surface area contributed by atoms with Crippen molar-refractivity contribution in [1.82, 2.24) is 9.96 Å². The van der Waals surface area contributed by atoms with Crippen LogP contribution in [-0.4, -0.2) is 145 Å². The second kappa shape index (κ2) is 18.4. The molecule has 0 saturated carbocycles. The lowest BCUT2D eigenvalue weighted by Crippen LogP contribution is -2.69. The Bertz CT molecular complexity index is 1910. The Kier molecular flexibility index (Phi) is 16.3. The van der Waals surface area contributed by atoms with Crippen LogP contribution in [0.25, 0.3) is 0 Å². The predicted molar refractivity (Wildman–Crippen MR) is 168 cm³/mol. The maximum Gasteiger partial charge on any atom is 0.350 e. The number of carbonyl (C=O) groups is 8. The maximum absolute atomic E-state index is 12.0. The van der Waals surface area contributed by atoms with E-state index in [4.69, 9.17) is 19.3 Å². The maximum atomic E-state index is 12.0. The van der Waals surface area contributed by atoms with Gasteiger partial charge in [-0.05, 0) is 25.7 Å². The highest BCUT2D eigenvalue weighted by molar-refractivity contribution is 7.92. The highest BCUT2D eigenvalue weighted by Crippen LogP contribution is 2.37. The standard InChI is InChI=1S/2C12H17NO12S2/c14-8-5-6-9(15)13(8)12(11(18)19,27(23,24)25)7(26(20,21)22)3-1-2-4-10(16)17;14-7(15)5-3-1-2-4-6-8(16)25-13-11(17)9(26(19,20)21)10(12(13)18)27(22,23)24/h7H,1-6H2,(H,16,17)(H,18,19)(H,20,21,22)(H,23,24,25);9-10H,1-6H2,(H,14,15)(H,19,20,21)(H,22,23,24). The van der Waals surface area contributed by atoms with Gasteiger partial charge in [0.05, 0.1) is 0 Å². The quantitative estimate of drug-likeness (QED) is 0.0376. The van der Waals surface area contributed by atoms with Crippen LogP contribution in [0, 0.1) is 0 Å².